The molecule has 0 aliphatic carbocycles. The van der Waals surface area contributed by atoms with Crippen LogP contribution in [0.1, 0.15) is 38.0 Å². The minimum Gasteiger partial charge on any atom is -0.481 e. The molecule has 0 atom stereocenters. The first-order chi connectivity index (χ1) is 8.02. The lowest BCUT2D eigenvalue weighted by molar-refractivity contribution is -0.137. The zero-order valence-electron chi connectivity index (χ0n) is 10.5. The predicted molar refractivity (Wildman–Crippen MR) is 71.7 cm³/mol. The summed E-state index contributed by atoms with van der Waals surface area (Å²) in [5.74, 6) is -0.705. The summed E-state index contributed by atoms with van der Waals surface area (Å²) < 4.78 is 0. The van der Waals surface area contributed by atoms with E-state index in [1.807, 2.05) is 0 Å². The van der Waals surface area contributed by atoms with Crippen LogP contribution in [0.5, 0.6) is 0 Å². The molecule has 1 rings (SSSR count). The lowest BCUT2D eigenvalue weighted by Crippen LogP contribution is -2.32. The summed E-state index contributed by atoms with van der Waals surface area (Å²) in [6, 6.07) is 4.24. The van der Waals surface area contributed by atoms with Crippen molar-refractivity contribution in [3.63, 3.8) is 0 Å². The normalized spacial score (nSPS) is 11.6. The van der Waals surface area contributed by atoms with E-state index in [-0.39, 0.29) is 11.8 Å². The van der Waals surface area contributed by atoms with Crippen LogP contribution in [-0.2, 0) is 10.2 Å². The molecule has 0 radical (unpaired) electrons. The van der Waals surface area contributed by atoms with E-state index >= 15 is 0 Å². The van der Waals surface area contributed by atoms with Crippen molar-refractivity contribution < 1.29 is 9.90 Å². The molecule has 4 heteroatoms. The van der Waals surface area contributed by atoms with E-state index in [1.54, 1.807) is 11.3 Å². The van der Waals surface area contributed by atoms with Gasteiger partial charge in [-0.2, -0.15) is 0 Å². The van der Waals surface area contributed by atoms with Crippen LogP contribution in [0, 0.1) is 0 Å². The Balaban J connectivity index is 2.16. The molecule has 1 aromatic heterocycles. The topological polar surface area (TPSA) is 49.3 Å². The maximum absolute atomic E-state index is 10.3. The number of nitrogens with one attached hydrogen (secondary N) is 1. The fourth-order valence-corrected chi connectivity index (χ4v) is 2.53. The van der Waals surface area contributed by atoms with Crippen LogP contribution in [0.2, 0.25) is 0 Å². The van der Waals surface area contributed by atoms with Crippen LogP contribution in [-0.4, -0.2) is 24.2 Å². The Labute approximate surface area is 107 Å². The highest BCUT2D eigenvalue weighted by Gasteiger charge is 2.20. The number of thiophene rings is 1. The molecule has 0 fully saturated rings. The van der Waals surface area contributed by atoms with Gasteiger partial charge in [0.25, 0.3) is 0 Å². The third kappa shape index (κ3) is 5.33. The second-order valence-electron chi connectivity index (χ2n) is 4.89. The third-order valence-electron chi connectivity index (χ3n) is 2.75. The van der Waals surface area contributed by atoms with Crippen LogP contribution >= 0.6 is 11.3 Å². The fraction of sp³-hybridized carbons (Fsp3) is 0.615. The monoisotopic (exact) mass is 255 g/mol. The van der Waals surface area contributed by atoms with E-state index in [0.717, 1.165) is 25.9 Å². The molecular formula is C13H21NO2S. The number of carboxylic acid groups (broad SMARTS) is 1. The van der Waals surface area contributed by atoms with Crippen LogP contribution in [0.3, 0.4) is 0 Å². The molecule has 2 N–H and O–H groups in total. The van der Waals surface area contributed by atoms with Crippen molar-refractivity contribution in [1.82, 2.24) is 5.32 Å². The van der Waals surface area contributed by atoms with Gasteiger partial charge < -0.3 is 10.4 Å². The van der Waals surface area contributed by atoms with E-state index < -0.39 is 5.97 Å². The number of hydrogen-bond donors (Lipinski definition) is 2. The Hall–Kier alpha value is -0.870. The van der Waals surface area contributed by atoms with Crippen molar-refractivity contribution in [2.75, 3.05) is 13.1 Å². The summed E-state index contributed by atoms with van der Waals surface area (Å²) in [6.45, 7) is 6.27. The molecule has 17 heavy (non-hydrogen) atoms. The Morgan fingerprint density at radius 3 is 2.82 bits per heavy atom. The van der Waals surface area contributed by atoms with Gasteiger partial charge in [0.05, 0.1) is 0 Å². The molecule has 0 saturated carbocycles. The maximum Gasteiger partial charge on any atom is 0.303 e. The zero-order valence-corrected chi connectivity index (χ0v) is 11.3. The lowest BCUT2D eigenvalue weighted by atomic mass is 9.91. The van der Waals surface area contributed by atoms with E-state index in [4.69, 9.17) is 5.11 Å². The SMILES string of the molecule is CC(C)(CNCCCCC(=O)O)c1cccs1. The van der Waals surface area contributed by atoms with Crippen molar-refractivity contribution >= 4 is 17.3 Å². The van der Waals surface area contributed by atoms with Gasteiger partial charge in [-0.3, -0.25) is 4.79 Å². The van der Waals surface area contributed by atoms with E-state index in [1.165, 1.54) is 4.88 Å². The molecule has 96 valence electrons. The highest BCUT2D eigenvalue weighted by molar-refractivity contribution is 7.10. The Bertz CT molecular complexity index is 333. The molecule has 0 amide bonds. The highest BCUT2D eigenvalue weighted by atomic mass is 32.1. The fourth-order valence-electron chi connectivity index (χ4n) is 1.68. The Kier molecular flexibility index (Phi) is 5.65. The van der Waals surface area contributed by atoms with Gasteiger partial charge in [-0.15, -0.1) is 11.3 Å². The average Bonchev–Trinajstić information content (AvgIpc) is 2.76. The first-order valence-corrected chi connectivity index (χ1v) is 6.87. The van der Waals surface area contributed by atoms with Gasteiger partial charge in [-0.25, -0.2) is 0 Å². The number of rotatable bonds is 8. The Morgan fingerprint density at radius 1 is 1.47 bits per heavy atom. The van der Waals surface area contributed by atoms with Crippen LogP contribution < -0.4 is 5.32 Å². The molecule has 1 heterocycles. The molecule has 0 saturated heterocycles. The van der Waals surface area contributed by atoms with Crippen LogP contribution in [0.4, 0.5) is 0 Å². The molecular weight excluding hydrogens is 234 g/mol. The third-order valence-corrected chi connectivity index (χ3v) is 3.99. The van der Waals surface area contributed by atoms with Gasteiger partial charge in [0.2, 0.25) is 0 Å². The molecule has 0 spiro atoms. The summed E-state index contributed by atoms with van der Waals surface area (Å²) in [5, 5.41) is 14.0. The smallest absolute Gasteiger partial charge is 0.303 e. The van der Waals surface area contributed by atoms with E-state index in [2.05, 4.69) is 36.7 Å². The van der Waals surface area contributed by atoms with Crippen LogP contribution in [0.15, 0.2) is 17.5 Å². The van der Waals surface area contributed by atoms with Gasteiger partial charge in [0.1, 0.15) is 0 Å². The Morgan fingerprint density at radius 2 is 2.24 bits per heavy atom. The van der Waals surface area contributed by atoms with Crippen molar-refractivity contribution in [2.45, 2.75) is 38.5 Å². The van der Waals surface area contributed by atoms with Gasteiger partial charge in [-0.05, 0) is 30.8 Å². The van der Waals surface area contributed by atoms with E-state index in [0.29, 0.717) is 0 Å². The van der Waals surface area contributed by atoms with Gasteiger partial charge in [0, 0.05) is 23.3 Å². The quantitative estimate of drug-likeness (QED) is 0.702. The van der Waals surface area contributed by atoms with Crippen LogP contribution in [0.25, 0.3) is 0 Å². The summed E-state index contributed by atoms with van der Waals surface area (Å²) >= 11 is 1.78. The lowest BCUT2D eigenvalue weighted by Gasteiger charge is -2.23. The molecule has 0 aliphatic rings. The second-order valence-corrected chi connectivity index (χ2v) is 5.84. The summed E-state index contributed by atoms with van der Waals surface area (Å²) in [6.07, 6.45) is 1.95. The summed E-state index contributed by atoms with van der Waals surface area (Å²) in [7, 11) is 0. The van der Waals surface area contributed by atoms with E-state index in [9.17, 15) is 4.79 Å². The highest BCUT2D eigenvalue weighted by Crippen LogP contribution is 2.26. The van der Waals surface area contributed by atoms with Gasteiger partial charge in [-0.1, -0.05) is 19.9 Å². The van der Waals surface area contributed by atoms with Crippen molar-refractivity contribution in [1.29, 1.82) is 0 Å². The van der Waals surface area contributed by atoms with Crippen molar-refractivity contribution in [3.8, 4) is 0 Å². The van der Waals surface area contributed by atoms with Gasteiger partial charge >= 0.3 is 5.97 Å². The van der Waals surface area contributed by atoms with Crippen molar-refractivity contribution in [3.05, 3.63) is 22.4 Å². The molecule has 0 unspecified atom stereocenters. The zero-order chi connectivity index (χ0) is 12.7. The number of hydrogen-bond acceptors (Lipinski definition) is 3. The molecule has 1 aromatic rings. The minimum atomic E-state index is -0.705. The first-order valence-electron chi connectivity index (χ1n) is 5.99. The standard InChI is InChI=1S/C13H21NO2S/c1-13(2,11-6-5-9-17-11)10-14-8-4-3-7-12(15)16/h5-6,9,14H,3-4,7-8,10H2,1-2H3,(H,15,16). The average molecular weight is 255 g/mol. The predicted octanol–water partition coefficient (Wildman–Crippen LogP) is 2.87. The van der Waals surface area contributed by atoms with Gasteiger partial charge in [0.15, 0.2) is 0 Å². The molecule has 0 aromatic carbocycles. The minimum absolute atomic E-state index is 0.154. The summed E-state index contributed by atoms with van der Waals surface area (Å²) in [4.78, 5) is 11.7. The molecule has 0 bridgehead atoms. The molecule has 0 aliphatic heterocycles. The first kappa shape index (κ1) is 14.2. The number of carboxylic acids is 1. The number of carbonyl (C=O) groups is 1. The number of unbranched alkanes of at least 4 members (excludes halogenated alkanes) is 1. The largest absolute Gasteiger partial charge is 0.481 e. The molecule has 3 nitrogen and oxygen atoms in total. The maximum atomic E-state index is 10.3. The second kappa shape index (κ2) is 6.77. The number of aliphatic carboxylic acids is 1. The van der Waals surface area contributed by atoms with Crippen molar-refractivity contribution in [2.24, 2.45) is 0 Å². The summed E-state index contributed by atoms with van der Waals surface area (Å²) in [5.41, 5.74) is 0.154.